The van der Waals surface area contributed by atoms with Gasteiger partial charge in [0.2, 0.25) is 5.91 Å². The largest absolute Gasteiger partial charge is 0.416 e. The van der Waals surface area contributed by atoms with Crippen molar-refractivity contribution in [3.8, 4) is 0 Å². The van der Waals surface area contributed by atoms with Crippen LogP contribution in [-0.4, -0.2) is 27.4 Å². The van der Waals surface area contributed by atoms with Crippen molar-refractivity contribution >= 4 is 40.6 Å². The normalized spacial score (nSPS) is 15.3. The molecule has 1 aliphatic rings. The molecular formula is C26H26ClF3N4O2S. The van der Waals surface area contributed by atoms with E-state index in [0.29, 0.717) is 10.7 Å². The van der Waals surface area contributed by atoms with E-state index in [4.69, 9.17) is 11.6 Å². The Balaban J connectivity index is 1.88. The van der Waals surface area contributed by atoms with Crippen LogP contribution in [-0.2, 0) is 11.0 Å². The van der Waals surface area contributed by atoms with Gasteiger partial charge in [0.25, 0.3) is 5.91 Å². The summed E-state index contributed by atoms with van der Waals surface area (Å²) in [6.07, 6.45) is -0.136. The molecule has 1 unspecified atom stereocenters. The van der Waals surface area contributed by atoms with Crippen LogP contribution in [0.1, 0.15) is 70.2 Å². The minimum absolute atomic E-state index is 0.0308. The van der Waals surface area contributed by atoms with E-state index in [9.17, 15) is 22.8 Å². The average molecular weight is 551 g/mol. The van der Waals surface area contributed by atoms with E-state index in [0.717, 1.165) is 61.3 Å². The van der Waals surface area contributed by atoms with Crippen molar-refractivity contribution in [2.75, 3.05) is 4.90 Å². The Morgan fingerprint density at radius 1 is 1.11 bits per heavy atom. The van der Waals surface area contributed by atoms with E-state index in [1.165, 1.54) is 23.1 Å². The van der Waals surface area contributed by atoms with Crippen molar-refractivity contribution in [3.63, 3.8) is 0 Å². The number of nitrogens with zero attached hydrogens (tertiary/aromatic N) is 3. The topological polar surface area (TPSA) is 75.2 Å². The fourth-order valence-electron chi connectivity index (χ4n) is 4.48. The zero-order valence-corrected chi connectivity index (χ0v) is 21.9. The summed E-state index contributed by atoms with van der Waals surface area (Å²) in [7, 11) is 0. The molecule has 2 amide bonds. The summed E-state index contributed by atoms with van der Waals surface area (Å²) in [5, 5.41) is 7.25. The van der Waals surface area contributed by atoms with E-state index in [2.05, 4.69) is 14.9 Å². The van der Waals surface area contributed by atoms with Crippen molar-refractivity contribution in [3.05, 3.63) is 74.7 Å². The summed E-state index contributed by atoms with van der Waals surface area (Å²) < 4.78 is 44.8. The molecule has 2 aromatic carbocycles. The molecule has 1 atom stereocenters. The van der Waals surface area contributed by atoms with Gasteiger partial charge >= 0.3 is 6.18 Å². The van der Waals surface area contributed by atoms with Gasteiger partial charge in [0.05, 0.1) is 11.3 Å². The van der Waals surface area contributed by atoms with Gasteiger partial charge in [0.15, 0.2) is 0 Å². The van der Waals surface area contributed by atoms with Crippen LogP contribution < -0.4 is 10.2 Å². The number of aromatic nitrogens is 2. The molecule has 6 nitrogen and oxygen atoms in total. The van der Waals surface area contributed by atoms with E-state index in [1.807, 2.05) is 0 Å². The predicted octanol–water partition coefficient (Wildman–Crippen LogP) is 6.66. The SMILES string of the molecule is Cc1ccc(N(C(=O)c2snnc2C)C(C(=O)NC2CCCCC2)c2cccc(C(F)(F)F)c2)cc1Cl. The molecule has 0 spiro atoms. The maximum Gasteiger partial charge on any atom is 0.416 e. The average Bonchev–Trinajstić information content (AvgIpc) is 3.30. The fraction of sp³-hybridized carbons (Fsp3) is 0.385. The highest BCUT2D eigenvalue weighted by molar-refractivity contribution is 7.08. The molecule has 1 heterocycles. The van der Waals surface area contributed by atoms with Gasteiger partial charge in [-0.1, -0.05) is 53.6 Å². The first-order chi connectivity index (χ1) is 17.6. The predicted molar refractivity (Wildman–Crippen MR) is 137 cm³/mol. The number of hydrogen-bond acceptors (Lipinski definition) is 5. The second-order valence-corrected chi connectivity index (χ2v) is 10.3. The quantitative estimate of drug-likeness (QED) is 0.372. The smallest absolute Gasteiger partial charge is 0.351 e. The van der Waals surface area contributed by atoms with Gasteiger partial charge in [-0.05, 0) is 73.6 Å². The molecule has 0 bridgehead atoms. The zero-order chi connectivity index (χ0) is 26.7. The Labute approximate surface area is 222 Å². The van der Waals surface area contributed by atoms with Crippen LogP contribution in [0.15, 0.2) is 42.5 Å². The highest BCUT2D eigenvalue weighted by Crippen LogP contribution is 2.36. The van der Waals surface area contributed by atoms with Crippen molar-refractivity contribution in [2.45, 2.75) is 64.2 Å². The summed E-state index contributed by atoms with van der Waals surface area (Å²) in [5.41, 5.74) is 0.493. The van der Waals surface area contributed by atoms with E-state index in [1.54, 1.807) is 26.0 Å². The summed E-state index contributed by atoms with van der Waals surface area (Å²) in [5.74, 6) is -1.17. The number of rotatable bonds is 6. The van der Waals surface area contributed by atoms with Gasteiger partial charge in [0.1, 0.15) is 10.9 Å². The molecule has 0 saturated heterocycles. The number of aryl methyl sites for hydroxylation is 2. The van der Waals surface area contributed by atoms with Crippen molar-refractivity contribution < 1.29 is 22.8 Å². The van der Waals surface area contributed by atoms with Crippen LogP contribution in [0.5, 0.6) is 0 Å². The van der Waals surface area contributed by atoms with Crippen LogP contribution in [0, 0.1) is 13.8 Å². The van der Waals surface area contributed by atoms with Crippen molar-refractivity contribution in [1.29, 1.82) is 0 Å². The van der Waals surface area contributed by atoms with Crippen LogP contribution in [0.3, 0.4) is 0 Å². The van der Waals surface area contributed by atoms with Gasteiger partial charge in [-0.15, -0.1) is 5.10 Å². The van der Waals surface area contributed by atoms with Crippen molar-refractivity contribution in [1.82, 2.24) is 14.9 Å². The summed E-state index contributed by atoms with van der Waals surface area (Å²) in [6.45, 7) is 3.40. The van der Waals surface area contributed by atoms with Crippen LogP contribution in [0.25, 0.3) is 0 Å². The maximum absolute atomic E-state index is 13.9. The van der Waals surface area contributed by atoms with E-state index < -0.39 is 29.6 Å². The molecule has 3 aromatic rings. The Bertz CT molecular complexity index is 1290. The number of benzene rings is 2. The first-order valence-electron chi connectivity index (χ1n) is 11.9. The number of carbonyl (C=O) groups is 2. The number of anilines is 1. The summed E-state index contributed by atoms with van der Waals surface area (Å²) in [6, 6.07) is 7.85. The van der Waals surface area contributed by atoms with Gasteiger partial charge in [0, 0.05) is 16.8 Å². The minimum Gasteiger partial charge on any atom is -0.351 e. The van der Waals surface area contributed by atoms with Gasteiger partial charge in [-0.2, -0.15) is 13.2 Å². The first-order valence-corrected chi connectivity index (χ1v) is 13.1. The highest BCUT2D eigenvalue weighted by atomic mass is 35.5. The lowest BCUT2D eigenvalue weighted by atomic mass is 9.94. The Hall–Kier alpha value is -2.98. The molecule has 1 aromatic heterocycles. The lowest BCUT2D eigenvalue weighted by Crippen LogP contribution is -2.47. The highest BCUT2D eigenvalue weighted by Gasteiger charge is 2.38. The standard InChI is InChI=1S/C26H26ClF3N4O2S/c1-15-11-12-20(14-21(15)27)34(25(36)23-16(2)32-33-37-23)22(24(35)31-19-9-4-3-5-10-19)17-7-6-8-18(13-17)26(28,29)30/h6-8,11-14,19,22H,3-5,9-10H2,1-2H3,(H,31,35). The first kappa shape index (κ1) is 27.1. The minimum atomic E-state index is -4.62. The zero-order valence-electron chi connectivity index (χ0n) is 20.3. The third-order valence-electron chi connectivity index (χ3n) is 6.49. The third kappa shape index (κ3) is 6.13. The molecule has 1 aliphatic carbocycles. The molecule has 1 fully saturated rings. The number of amides is 2. The van der Waals surface area contributed by atoms with E-state index in [-0.39, 0.29) is 22.2 Å². The fourth-order valence-corrected chi connectivity index (χ4v) is 5.25. The van der Waals surface area contributed by atoms with E-state index >= 15 is 0 Å². The molecule has 11 heteroatoms. The number of hydrogen-bond donors (Lipinski definition) is 1. The van der Waals surface area contributed by atoms with Crippen molar-refractivity contribution in [2.24, 2.45) is 0 Å². The second-order valence-electron chi connectivity index (χ2n) is 9.17. The third-order valence-corrected chi connectivity index (χ3v) is 7.71. The molecule has 0 radical (unpaired) electrons. The molecule has 1 saturated carbocycles. The molecule has 0 aliphatic heterocycles. The summed E-state index contributed by atoms with van der Waals surface area (Å²) in [4.78, 5) is 29.2. The Morgan fingerprint density at radius 2 is 1.84 bits per heavy atom. The number of alkyl halides is 3. The van der Waals surface area contributed by atoms with Crippen LogP contribution in [0.4, 0.5) is 18.9 Å². The molecule has 1 N–H and O–H groups in total. The van der Waals surface area contributed by atoms with Gasteiger partial charge < -0.3 is 5.32 Å². The lowest BCUT2D eigenvalue weighted by Gasteiger charge is -2.33. The van der Waals surface area contributed by atoms with Gasteiger partial charge in [-0.25, -0.2) is 0 Å². The monoisotopic (exact) mass is 550 g/mol. The molecule has 196 valence electrons. The van der Waals surface area contributed by atoms with Crippen LogP contribution >= 0.6 is 23.1 Å². The second kappa shape index (κ2) is 11.2. The molecule has 4 rings (SSSR count). The Morgan fingerprint density at radius 3 is 2.46 bits per heavy atom. The van der Waals surface area contributed by atoms with Crippen LogP contribution in [0.2, 0.25) is 5.02 Å². The number of carbonyl (C=O) groups excluding carboxylic acids is 2. The summed E-state index contributed by atoms with van der Waals surface area (Å²) >= 11 is 7.24. The number of nitrogens with one attached hydrogen (secondary N) is 1. The lowest BCUT2D eigenvalue weighted by molar-refractivity contribution is -0.137. The molecular weight excluding hydrogens is 525 g/mol. The Kier molecular flexibility index (Phi) is 8.18. The maximum atomic E-state index is 13.9. The molecule has 37 heavy (non-hydrogen) atoms. The van der Waals surface area contributed by atoms with Gasteiger partial charge in [-0.3, -0.25) is 14.5 Å². The number of halogens is 4.